The summed E-state index contributed by atoms with van der Waals surface area (Å²) in [5, 5.41) is 15.9. The van der Waals surface area contributed by atoms with Crippen molar-refractivity contribution < 1.29 is 13.0 Å². The molecule has 0 aliphatic rings. The third-order valence-corrected chi connectivity index (χ3v) is 4.31. The molecule has 3 N–H and O–H groups in total. The highest BCUT2D eigenvalue weighted by Gasteiger charge is 2.16. The molecule has 0 saturated heterocycles. The SMILES string of the molecule is Nc1ccc(N=Nc2ccc(N=Nc3ccccc3)cc2S(=O)(=O)O)cc1. The molecule has 0 fully saturated rings. The van der Waals surface area contributed by atoms with Gasteiger partial charge >= 0.3 is 0 Å². The maximum atomic E-state index is 11.7. The molecule has 0 saturated carbocycles. The molecule has 0 unspecified atom stereocenters. The molecule has 0 atom stereocenters. The smallest absolute Gasteiger partial charge is 0.296 e. The summed E-state index contributed by atoms with van der Waals surface area (Å²) in [5.41, 5.74) is 7.49. The van der Waals surface area contributed by atoms with Gasteiger partial charge in [-0.15, -0.1) is 5.11 Å². The Kier molecular flexibility index (Phi) is 5.34. The van der Waals surface area contributed by atoms with E-state index >= 15 is 0 Å². The summed E-state index contributed by atoms with van der Waals surface area (Å²) >= 11 is 0. The van der Waals surface area contributed by atoms with Gasteiger partial charge < -0.3 is 5.73 Å². The van der Waals surface area contributed by atoms with E-state index in [9.17, 15) is 13.0 Å². The zero-order valence-corrected chi connectivity index (χ0v) is 14.8. The minimum atomic E-state index is -4.53. The molecule has 0 aliphatic carbocycles. The number of hydrogen-bond donors (Lipinski definition) is 2. The molecular formula is C18H15N5O3S. The molecule has 0 aromatic heterocycles. The average molecular weight is 381 g/mol. The molecule has 136 valence electrons. The molecule has 3 aromatic carbocycles. The lowest BCUT2D eigenvalue weighted by molar-refractivity contribution is 0.483. The first kappa shape index (κ1) is 18.4. The number of nitrogen functional groups attached to an aromatic ring is 1. The van der Waals surface area contributed by atoms with Crippen LogP contribution in [0.5, 0.6) is 0 Å². The van der Waals surface area contributed by atoms with Gasteiger partial charge in [0.15, 0.2) is 0 Å². The van der Waals surface area contributed by atoms with E-state index in [-0.39, 0.29) is 11.4 Å². The largest absolute Gasteiger partial charge is 0.399 e. The first-order chi connectivity index (χ1) is 12.9. The number of nitrogens with zero attached hydrogens (tertiary/aromatic N) is 4. The van der Waals surface area contributed by atoms with Crippen LogP contribution in [0.1, 0.15) is 0 Å². The second-order valence-corrected chi connectivity index (χ2v) is 6.84. The average Bonchev–Trinajstić information content (AvgIpc) is 2.66. The Morgan fingerprint density at radius 3 is 1.93 bits per heavy atom. The Bertz CT molecular complexity index is 1100. The van der Waals surface area contributed by atoms with Crippen LogP contribution in [0.15, 0.2) is 98.1 Å². The van der Waals surface area contributed by atoms with Crippen LogP contribution in [0.4, 0.5) is 28.4 Å². The van der Waals surface area contributed by atoms with Crippen molar-refractivity contribution in [1.82, 2.24) is 0 Å². The summed E-state index contributed by atoms with van der Waals surface area (Å²) < 4.78 is 32.9. The summed E-state index contributed by atoms with van der Waals surface area (Å²) in [7, 11) is -4.53. The summed E-state index contributed by atoms with van der Waals surface area (Å²) in [6, 6.07) is 19.6. The Hall–Kier alpha value is -3.43. The quantitative estimate of drug-likeness (QED) is 0.350. The van der Waals surface area contributed by atoms with E-state index < -0.39 is 15.0 Å². The van der Waals surface area contributed by atoms with Crippen LogP contribution in [0.25, 0.3) is 0 Å². The molecule has 0 spiro atoms. The highest BCUT2D eigenvalue weighted by atomic mass is 32.2. The molecular weight excluding hydrogens is 366 g/mol. The monoisotopic (exact) mass is 381 g/mol. The lowest BCUT2D eigenvalue weighted by Crippen LogP contribution is -1.98. The number of nitrogens with two attached hydrogens (primary N) is 1. The fourth-order valence-electron chi connectivity index (χ4n) is 2.12. The van der Waals surface area contributed by atoms with Gasteiger partial charge in [0.1, 0.15) is 10.6 Å². The van der Waals surface area contributed by atoms with Gasteiger partial charge in [-0.3, -0.25) is 4.55 Å². The van der Waals surface area contributed by atoms with E-state index in [1.54, 1.807) is 48.5 Å². The Labute approximate surface area is 155 Å². The number of rotatable bonds is 5. The molecule has 0 heterocycles. The van der Waals surface area contributed by atoms with Crippen molar-refractivity contribution in [3.63, 3.8) is 0 Å². The van der Waals surface area contributed by atoms with E-state index in [0.29, 0.717) is 17.1 Å². The van der Waals surface area contributed by atoms with Gasteiger partial charge in [-0.2, -0.15) is 23.8 Å². The number of benzene rings is 3. The third-order valence-electron chi connectivity index (χ3n) is 3.42. The van der Waals surface area contributed by atoms with Gasteiger partial charge in [-0.05, 0) is 54.6 Å². The standard InChI is InChI=1S/C18H15N5O3S/c19-13-6-8-15(9-7-13)21-23-17-11-10-16(12-18(17)27(24,25)26)22-20-14-4-2-1-3-5-14/h1-12H,19H2,(H,24,25,26). The molecule has 27 heavy (non-hydrogen) atoms. The van der Waals surface area contributed by atoms with Gasteiger partial charge in [-0.25, -0.2) is 0 Å². The fraction of sp³-hybridized carbons (Fsp3) is 0. The van der Waals surface area contributed by atoms with Crippen LogP contribution in [0.3, 0.4) is 0 Å². The predicted octanol–water partition coefficient (Wildman–Crippen LogP) is 5.35. The molecule has 3 rings (SSSR count). The second-order valence-electron chi connectivity index (χ2n) is 5.45. The fourth-order valence-corrected chi connectivity index (χ4v) is 2.76. The van der Waals surface area contributed by atoms with E-state index in [4.69, 9.17) is 5.73 Å². The predicted molar refractivity (Wildman–Crippen MR) is 102 cm³/mol. The number of hydrogen-bond acceptors (Lipinski definition) is 7. The van der Waals surface area contributed by atoms with E-state index in [2.05, 4.69) is 20.5 Å². The van der Waals surface area contributed by atoms with Gasteiger partial charge in [0.05, 0.1) is 17.1 Å². The zero-order chi connectivity index (χ0) is 19.3. The molecule has 0 radical (unpaired) electrons. The van der Waals surface area contributed by atoms with Gasteiger partial charge in [-0.1, -0.05) is 18.2 Å². The van der Waals surface area contributed by atoms with E-state index in [0.717, 1.165) is 0 Å². The maximum absolute atomic E-state index is 11.7. The highest BCUT2D eigenvalue weighted by molar-refractivity contribution is 7.86. The van der Waals surface area contributed by atoms with Crippen LogP contribution in [-0.4, -0.2) is 13.0 Å². The highest BCUT2D eigenvalue weighted by Crippen LogP contribution is 2.31. The zero-order valence-electron chi connectivity index (χ0n) is 14.0. The van der Waals surface area contributed by atoms with Crippen molar-refractivity contribution in [2.24, 2.45) is 20.5 Å². The van der Waals surface area contributed by atoms with E-state index in [1.165, 1.54) is 18.2 Å². The van der Waals surface area contributed by atoms with Crippen LogP contribution in [0.2, 0.25) is 0 Å². The van der Waals surface area contributed by atoms with Crippen molar-refractivity contribution >= 4 is 38.6 Å². The number of azo groups is 2. The van der Waals surface area contributed by atoms with Crippen molar-refractivity contribution in [2.45, 2.75) is 4.90 Å². The lowest BCUT2D eigenvalue weighted by Gasteiger charge is -2.03. The molecule has 0 bridgehead atoms. The van der Waals surface area contributed by atoms with Crippen LogP contribution < -0.4 is 5.73 Å². The summed E-state index contributed by atoms with van der Waals surface area (Å²) in [5.74, 6) is 0. The molecule has 9 heteroatoms. The summed E-state index contributed by atoms with van der Waals surface area (Å²) in [4.78, 5) is -0.411. The molecule has 8 nitrogen and oxygen atoms in total. The summed E-state index contributed by atoms with van der Waals surface area (Å²) in [6.07, 6.45) is 0. The Balaban J connectivity index is 1.93. The first-order valence-electron chi connectivity index (χ1n) is 7.77. The third kappa shape index (κ3) is 5.03. The van der Waals surface area contributed by atoms with Gasteiger partial charge in [0.2, 0.25) is 0 Å². The molecule has 3 aromatic rings. The van der Waals surface area contributed by atoms with Crippen LogP contribution in [-0.2, 0) is 10.1 Å². The minimum absolute atomic E-state index is 0.0204. The normalized spacial score (nSPS) is 12.0. The Morgan fingerprint density at radius 1 is 0.704 bits per heavy atom. The van der Waals surface area contributed by atoms with Crippen molar-refractivity contribution in [3.8, 4) is 0 Å². The molecule has 0 aliphatic heterocycles. The lowest BCUT2D eigenvalue weighted by atomic mass is 10.3. The summed E-state index contributed by atoms with van der Waals surface area (Å²) in [6.45, 7) is 0. The van der Waals surface area contributed by atoms with Gasteiger partial charge in [0.25, 0.3) is 10.1 Å². The van der Waals surface area contributed by atoms with Crippen molar-refractivity contribution in [2.75, 3.05) is 5.73 Å². The van der Waals surface area contributed by atoms with Crippen LogP contribution in [0, 0.1) is 0 Å². The van der Waals surface area contributed by atoms with Crippen molar-refractivity contribution in [1.29, 1.82) is 0 Å². The minimum Gasteiger partial charge on any atom is -0.399 e. The second kappa shape index (κ2) is 7.85. The van der Waals surface area contributed by atoms with Crippen LogP contribution >= 0.6 is 0 Å². The first-order valence-corrected chi connectivity index (χ1v) is 9.21. The van der Waals surface area contributed by atoms with Gasteiger partial charge in [0, 0.05) is 5.69 Å². The molecule has 0 amide bonds. The number of anilines is 1. The van der Waals surface area contributed by atoms with Crippen molar-refractivity contribution in [3.05, 3.63) is 72.8 Å². The Morgan fingerprint density at radius 2 is 1.26 bits per heavy atom. The topological polar surface area (TPSA) is 130 Å². The van der Waals surface area contributed by atoms with E-state index in [1.807, 2.05) is 6.07 Å². The maximum Gasteiger partial charge on any atom is 0.296 e.